The zero-order chi connectivity index (χ0) is 10.6. The van der Waals surface area contributed by atoms with Crippen molar-refractivity contribution < 1.29 is 4.21 Å². The zero-order valence-electron chi connectivity index (χ0n) is 8.48. The van der Waals surface area contributed by atoms with Crippen molar-refractivity contribution >= 4 is 15.6 Å². The molecule has 0 aromatic heterocycles. The summed E-state index contributed by atoms with van der Waals surface area (Å²) < 4.78 is 11.4. The molecule has 78 valence electrons. The van der Waals surface area contributed by atoms with Crippen molar-refractivity contribution in [3.8, 4) is 0 Å². The first kappa shape index (κ1) is 11.3. The second-order valence-corrected chi connectivity index (χ2v) is 5.98. The smallest absolute Gasteiger partial charge is 0.0374 e. The van der Waals surface area contributed by atoms with Crippen LogP contribution in [0, 0.1) is 0 Å². The van der Waals surface area contributed by atoms with Crippen LogP contribution >= 0.6 is 0 Å². The van der Waals surface area contributed by atoms with Gasteiger partial charge in [-0.2, -0.15) is 0 Å². The number of nitrogens with two attached hydrogens (primary N) is 1. The molecule has 1 aromatic rings. The molecule has 0 aliphatic heterocycles. The SMILES string of the molecule is C=S(N)(=O)C(C)CCc1ccccc1. The molecule has 2 nitrogen and oxygen atoms in total. The van der Waals surface area contributed by atoms with Crippen LogP contribution < -0.4 is 5.14 Å². The second kappa shape index (κ2) is 4.62. The molecule has 2 N–H and O–H groups in total. The van der Waals surface area contributed by atoms with E-state index >= 15 is 0 Å². The number of aryl methyl sites for hydroxylation is 1. The fourth-order valence-corrected chi connectivity index (χ4v) is 1.73. The van der Waals surface area contributed by atoms with E-state index < -0.39 is 9.71 Å². The normalized spacial score (nSPS) is 17.3. The molecule has 0 fully saturated rings. The Hall–Kier alpha value is -0.800. The number of rotatable bonds is 4. The predicted octanol–water partition coefficient (Wildman–Crippen LogP) is 1.60. The Morgan fingerprint density at radius 1 is 1.43 bits per heavy atom. The maximum atomic E-state index is 11.4. The monoisotopic (exact) mass is 211 g/mol. The van der Waals surface area contributed by atoms with Gasteiger partial charge in [-0.05, 0) is 24.3 Å². The highest BCUT2D eigenvalue weighted by atomic mass is 32.2. The summed E-state index contributed by atoms with van der Waals surface area (Å²) in [6, 6.07) is 10.1. The Morgan fingerprint density at radius 2 is 2.00 bits per heavy atom. The summed E-state index contributed by atoms with van der Waals surface area (Å²) in [4.78, 5) is 0. The van der Waals surface area contributed by atoms with Gasteiger partial charge in [0.1, 0.15) is 0 Å². The standard InChI is InChI=1S/C11H17NOS/c1-10(14(2,12)13)8-9-11-6-4-3-5-7-11/h3-7,10H,2,8-9H2,1H3,(H2,12,13). The lowest BCUT2D eigenvalue weighted by Crippen LogP contribution is -2.25. The van der Waals surface area contributed by atoms with Gasteiger partial charge in [-0.1, -0.05) is 37.3 Å². The minimum Gasteiger partial charge on any atom is -0.259 e. The Kier molecular flexibility index (Phi) is 3.72. The molecule has 0 spiro atoms. The molecule has 3 heteroatoms. The van der Waals surface area contributed by atoms with Crippen molar-refractivity contribution in [2.75, 3.05) is 0 Å². The van der Waals surface area contributed by atoms with Crippen molar-refractivity contribution in [1.29, 1.82) is 0 Å². The Labute approximate surface area is 86.3 Å². The summed E-state index contributed by atoms with van der Waals surface area (Å²) in [5, 5.41) is 5.43. The van der Waals surface area contributed by atoms with Gasteiger partial charge in [0, 0.05) is 15.0 Å². The van der Waals surface area contributed by atoms with E-state index in [2.05, 4.69) is 18.0 Å². The molecule has 0 heterocycles. The van der Waals surface area contributed by atoms with Gasteiger partial charge >= 0.3 is 0 Å². The van der Waals surface area contributed by atoms with Gasteiger partial charge < -0.3 is 0 Å². The number of hydrogen-bond acceptors (Lipinski definition) is 1. The van der Waals surface area contributed by atoms with Crippen LogP contribution in [0.5, 0.6) is 0 Å². The van der Waals surface area contributed by atoms with Crippen molar-refractivity contribution in [3.05, 3.63) is 35.9 Å². The van der Waals surface area contributed by atoms with Gasteiger partial charge in [0.2, 0.25) is 0 Å². The first-order valence-corrected chi connectivity index (χ1v) is 6.53. The van der Waals surface area contributed by atoms with Gasteiger partial charge in [0.05, 0.1) is 0 Å². The Bertz CT molecular complexity index is 370. The van der Waals surface area contributed by atoms with Gasteiger partial charge in [-0.15, -0.1) is 0 Å². The fourth-order valence-electron chi connectivity index (χ4n) is 1.21. The van der Waals surface area contributed by atoms with E-state index in [4.69, 9.17) is 5.14 Å². The summed E-state index contributed by atoms with van der Waals surface area (Å²) in [6.45, 7) is 1.89. The summed E-state index contributed by atoms with van der Waals surface area (Å²) in [5.41, 5.74) is 1.25. The van der Waals surface area contributed by atoms with Crippen molar-refractivity contribution in [3.63, 3.8) is 0 Å². The lowest BCUT2D eigenvalue weighted by molar-refractivity contribution is 0.664. The molecular weight excluding hydrogens is 194 g/mol. The van der Waals surface area contributed by atoms with E-state index in [1.54, 1.807) is 0 Å². The quantitative estimate of drug-likeness (QED) is 0.755. The summed E-state index contributed by atoms with van der Waals surface area (Å²) in [5.74, 6) is 3.49. The molecule has 0 radical (unpaired) electrons. The van der Waals surface area contributed by atoms with E-state index in [0.717, 1.165) is 12.8 Å². The summed E-state index contributed by atoms with van der Waals surface area (Å²) >= 11 is 0. The number of hydrogen-bond donors (Lipinski definition) is 1. The fraction of sp³-hybridized carbons (Fsp3) is 0.364. The predicted molar refractivity (Wildman–Crippen MR) is 63.7 cm³/mol. The lowest BCUT2D eigenvalue weighted by atomic mass is 10.1. The van der Waals surface area contributed by atoms with Crippen LogP contribution in [0.25, 0.3) is 0 Å². The molecule has 0 amide bonds. The zero-order valence-corrected chi connectivity index (χ0v) is 9.30. The van der Waals surface area contributed by atoms with Crippen LogP contribution in [0.3, 0.4) is 0 Å². The average Bonchev–Trinajstić information content (AvgIpc) is 2.14. The Balaban J connectivity index is 2.50. The highest BCUT2D eigenvalue weighted by molar-refractivity contribution is 7.98. The molecule has 0 aliphatic rings. The molecule has 1 aromatic carbocycles. The van der Waals surface area contributed by atoms with Crippen LogP contribution in [-0.4, -0.2) is 15.3 Å². The first-order chi connectivity index (χ1) is 6.50. The average molecular weight is 211 g/mol. The molecule has 2 atom stereocenters. The van der Waals surface area contributed by atoms with Crippen LogP contribution in [0.15, 0.2) is 30.3 Å². The maximum absolute atomic E-state index is 11.4. The van der Waals surface area contributed by atoms with Crippen molar-refractivity contribution in [2.45, 2.75) is 25.0 Å². The van der Waals surface area contributed by atoms with Gasteiger partial charge in [-0.25, -0.2) is 0 Å². The third-order valence-corrected chi connectivity index (χ3v) is 3.96. The van der Waals surface area contributed by atoms with Crippen molar-refractivity contribution in [1.82, 2.24) is 0 Å². The largest absolute Gasteiger partial charge is 0.259 e. The van der Waals surface area contributed by atoms with Gasteiger partial charge in [-0.3, -0.25) is 9.35 Å². The van der Waals surface area contributed by atoms with E-state index in [9.17, 15) is 4.21 Å². The third kappa shape index (κ3) is 3.52. The lowest BCUT2D eigenvalue weighted by Gasteiger charge is -2.12. The summed E-state index contributed by atoms with van der Waals surface area (Å²) in [7, 11) is -2.37. The Morgan fingerprint density at radius 3 is 2.50 bits per heavy atom. The van der Waals surface area contributed by atoms with E-state index in [0.29, 0.717) is 0 Å². The molecule has 2 unspecified atom stereocenters. The van der Waals surface area contributed by atoms with Crippen LogP contribution in [0.2, 0.25) is 0 Å². The highest BCUT2D eigenvalue weighted by Gasteiger charge is 2.09. The molecule has 0 saturated carbocycles. The minimum atomic E-state index is -2.37. The van der Waals surface area contributed by atoms with E-state index in [-0.39, 0.29) is 5.25 Å². The molecule has 0 saturated heterocycles. The van der Waals surface area contributed by atoms with Crippen LogP contribution in [0.1, 0.15) is 18.9 Å². The van der Waals surface area contributed by atoms with E-state index in [1.807, 2.05) is 25.1 Å². The number of benzene rings is 1. The molecule has 14 heavy (non-hydrogen) atoms. The van der Waals surface area contributed by atoms with Gasteiger partial charge in [0.25, 0.3) is 0 Å². The molecule has 1 rings (SSSR count). The second-order valence-electron chi connectivity index (χ2n) is 3.61. The first-order valence-electron chi connectivity index (χ1n) is 4.68. The minimum absolute atomic E-state index is 0.0253. The van der Waals surface area contributed by atoms with E-state index in [1.165, 1.54) is 5.56 Å². The summed E-state index contributed by atoms with van der Waals surface area (Å²) in [6.07, 6.45) is 1.73. The van der Waals surface area contributed by atoms with Gasteiger partial charge in [0.15, 0.2) is 0 Å². The van der Waals surface area contributed by atoms with Crippen LogP contribution in [0.4, 0.5) is 0 Å². The maximum Gasteiger partial charge on any atom is 0.0374 e. The van der Waals surface area contributed by atoms with Crippen LogP contribution in [-0.2, 0) is 16.1 Å². The molecular formula is C11H17NOS. The topological polar surface area (TPSA) is 43.1 Å². The third-order valence-electron chi connectivity index (χ3n) is 2.36. The molecule has 0 bridgehead atoms. The molecule has 0 aliphatic carbocycles. The van der Waals surface area contributed by atoms with Crippen molar-refractivity contribution in [2.24, 2.45) is 5.14 Å². The highest BCUT2D eigenvalue weighted by Crippen LogP contribution is 2.08.